The van der Waals surface area contributed by atoms with Gasteiger partial charge in [-0.05, 0) is 32.1 Å². The number of hydrogen-bond acceptors (Lipinski definition) is 7. The van der Waals surface area contributed by atoms with Crippen molar-refractivity contribution in [3.8, 4) is 0 Å². The van der Waals surface area contributed by atoms with Gasteiger partial charge in [0.15, 0.2) is 6.10 Å². The molecule has 8 heteroatoms. The van der Waals surface area contributed by atoms with E-state index >= 15 is 0 Å². The molecule has 0 aliphatic carbocycles. The summed E-state index contributed by atoms with van der Waals surface area (Å²) in [7, 11) is 5.38. The number of esters is 2. The second-order valence-corrected chi connectivity index (χ2v) is 13.5. The average Bonchev–Trinajstić information content (AvgIpc) is 3.01. The van der Waals surface area contributed by atoms with E-state index in [0.717, 1.165) is 57.8 Å². The minimum atomic E-state index is -1.13. The van der Waals surface area contributed by atoms with Crippen LogP contribution in [-0.2, 0) is 28.6 Å². The lowest BCUT2D eigenvalue weighted by molar-refractivity contribution is -0.889. The highest BCUT2D eigenvalue weighted by Gasteiger charge is 2.25. The third-order valence-electron chi connectivity index (χ3n) is 8.10. The first-order valence-electron chi connectivity index (χ1n) is 18.5. The fraction of sp³-hybridized carbons (Fsp3) is 0.769. The first kappa shape index (κ1) is 44.5. The van der Waals surface area contributed by atoms with Crippen LogP contribution in [0, 0.1) is 0 Å². The Morgan fingerprint density at radius 2 is 1.19 bits per heavy atom. The molecule has 0 radical (unpaired) electrons. The monoisotopic (exact) mass is 664 g/mol. The molecular formula is C39H69NO7. The van der Waals surface area contributed by atoms with Crippen molar-refractivity contribution in [3.63, 3.8) is 0 Å². The predicted molar refractivity (Wildman–Crippen MR) is 190 cm³/mol. The number of carbonyl (C=O) groups is 3. The molecule has 0 aliphatic rings. The Labute approximate surface area is 287 Å². The van der Waals surface area contributed by atoms with Crippen molar-refractivity contribution >= 4 is 17.9 Å². The molecule has 8 nitrogen and oxygen atoms in total. The summed E-state index contributed by atoms with van der Waals surface area (Å²) in [6, 6.07) is -0.724. The Hall–Kier alpha value is -2.45. The van der Waals surface area contributed by atoms with E-state index in [1.165, 1.54) is 51.4 Å². The molecular weight excluding hydrogens is 594 g/mol. The highest BCUT2D eigenvalue weighted by atomic mass is 16.6. The number of carboxylic acid groups (broad SMARTS) is 1. The number of hydrogen-bond donors (Lipinski definition) is 0. The molecule has 0 aliphatic heterocycles. The summed E-state index contributed by atoms with van der Waals surface area (Å²) >= 11 is 0. The molecule has 0 aromatic carbocycles. The van der Waals surface area contributed by atoms with Gasteiger partial charge < -0.3 is 28.6 Å². The molecule has 2 unspecified atom stereocenters. The highest BCUT2D eigenvalue weighted by molar-refractivity contribution is 5.70. The van der Waals surface area contributed by atoms with Crippen molar-refractivity contribution in [2.45, 2.75) is 154 Å². The average molecular weight is 664 g/mol. The number of quaternary nitrogens is 1. The molecule has 0 bridgehead atoms. The van der Waals surface area contributed by atoms with Crippen LogP contribution in [-0.4, -0.2) is 75.5 Å². The SMILES string of the molecule is CC/C=C/C=C/C=C/CCCCCCCCCC(=O)OC(COCCC(C(=O)[O-])[N+](C)(C)C)COC(=O)CCCCCCCCCC. The topological polar surface area (TPSA) is 102 Å². The van der Waals surface area contributed by atoms with E-state index in [1.807, 2.05) is 0 Å². The van der Waals surface area contributed by atoms with Gasteiger partial charge in [0.1, 0.15) is 12.6 Å². The molecule has 0 saturated carbocycles. The minimum Gasteiger partial charge on any atom is -0.544 e. The molecule has 272 valence electrons. The van der Waals surface area contributed by atoms with E-state index in [2.05, 4.69) is 50.3 Å². The second kappa shape index (κ2) is 30.9. The van der Waals surface area contributed by atoms with Crippen molar-refractivity contribution in [1.82, 2.24) is 0 Å². The third kappa shape index (κ3) is 29.4. The van der Waals surface area contributed by atoms with Crippen LogP contribution in [0.2, 0.25) is 0 Å². The smallest absolute Gasteiger partial charge is 0.306 e. The first-order chi connectivity index (χ1) is 22.6. The standard InChI is InChI=1S/C39H69NO7/c1-6-8-10-12-14-16-17-18-19-20-21-22-24-26-28-30-38(42)47-35(33-45-32-31-36(39(43)44)40(3,4)5)34-46-37(41)29-27-25-23-15-13-11-9-7-2/h8,10,12,14,16-17,35-36H,6-7,9,11,13,15,18-34H2,1-5H3/b10-8+,14-12+,17-16+. The lowest BCUT2D eigenvalue weighted by Crippen LogP contribution is -2.55. The maximum atomic E-state index is 12.6. The number of nitrogens with zero attached hydrogens (tertiary/aromatic N) is 1. The molecule has 0 amide bonds. The number of rotatable bonds is 32. The van der Waals surface area contributed by atoms with Crippen molar-refractivity contribution in [2.24, 2.45) is 0 Å². The van der Waals surface area contributed by atoms with E-state index < -0.39 is 18.1 Å². The van der Waals surface area contributed by atoms with E-state index in [9.17, 15) is 19.5 Å². The molecule has 0 heterocycles. The predicted octanol–water partition coefficient (Wildman–Crippen LogP) is 7.79. The maximum Gasteiger partial charge on any atom is 0.306 e. The molecule has 0 aromatic heterocycles. The molecule has 2 atom stereocenters. The molecule has 47 heavy (non-hydrogen) atoms. The van der Waals surface area contributed by atoms with Crippen LogP contribution in [0.25, 0.3) is 0 Å². The number of carbonyl (C=O) groups excluding carboxylic acids is 3. The summed E-state index contributed by atoms with van der Waals surface area (Å²) in [4.78, 5) is 36.5. The van der Waals surface area contributed by atoms with Crippen molar-refractivity contribution in [1.29, 1.82) is 0 Å². The summed E-state index contributed by atoms with van der Waals surface area (Å²) in [6.07, 6.45) is 31.7. The van der Waals surface area contributed by atoms with Gasteiger partial charge >= 0.3 is 11.9 Å². The van der Waals surface area contributed by atoms with Crippen LogP contribution in [0.5, 0.6) is 0 Å². The van der Waals surface area contributed by atoms with Gasteiger partial charge in [-0.2, -0.15) is 0 Å². The minimum absolute atomic E-state index is 0.0368. The largest absolute Gasteiger partial charge is 0.544 e. The lowest BCUT2D eigenvalue weighted by Gasteiger charge is -2.34. The lowest BCUT2D eigenvalue weighted by atomic mass is 10.1. The molecule has 0 N–H and O–H groups in total. The van der Waals surface area contributed by atoms with Crippen molar-refractivity contribution in [2.75, 3.05) is 41.0 Å². The summed E-state index contributed by atoms with van der Waals surface area (Å²) in [5.41, 5.74) is 0. The van der Waals surface area contributed by atoms with Gasteiger partial charge in [-0.3, -0.25) is 9.59 Å². The fourth-order valence-corrected chi connectivity index (χ4v) is 5.19. The van der Waals surface area contributed by atoms with Crippen LogP contribution in [0.4, 0.5) is 0 Å². The Kier molecular flexibility index (Phi) is 29.2. The Morgan fingerprint density at radius 1 is 0.660 bits per heavy atom. The van der Waals surface area contributed by atoms with Crippen molar-refractivity contribution in [3.05, 3.63) is 36.5 Å². The van der Waals surface area contributed by atoms with Gasteiger partial charge in [-0.15, -0.1) is 0 Å². The zero-order valence-electron chi connectivity index (χ0n) is 30.7. The summed E-state index contributed by atoms with van der Waals surface area (Å²) in [5.74, 6) is -1.76. The van der Waals surface area contributed by atoms with E-state index in [1.54, 1.807) is 21.1 Å². The normalized spacial score (nSPS) is 13.5. The Morgan fingerprint density at radius 3 is 1.74 bits per heavy atom. The van der Waals surface area contributed by atoms with E-state index in [4.69, 9.17) is 14.2 Å². The summed E-state index contributed by atoms with van der Waals surface area (Å²) in [5, 5.41) is 11.5. The van der Waals surface area contributed by atoms with Gasteiger partial charge in [0, 0.05) is 19.3 Å². The zero-order chi connectivity index (χ0) is 35.0. The molecule has 0 rings (SSSR count). The van der Waals surface area contributed by atoms with E-state index in [-0.39, 0.29) is 42.7 Å². The quantitative estimate of drug-likeness (QED) is 0.0313. The Balaban J connectivity index is 4.43. The van der Waals surface area contributed by atoms with Gasteiger partial charge in [-0.25, -0.2) is 0 Å². The number of carboxylic acids is 1. The van der Waals surface area contributed by atoms with Crippen LogP contribution in [0.15, 0.2) is 36.5 Å². The molecule has 0 aromatic rings. The number of likely N-dealkylation sites (N-methyl/N-ethyl adjacent to an activating group) is 1. The third-order valence-corrected chi connectivity index (χ3v) is 8.10. The van der Waals surface area contributed by atoms with Gasteiger partial charge in [0.05, 0.1) is 40.3 Å². The first-order valence-corrected chi connectivity index (χ1v) is 18.5. The highest BCUT2D eigenvalue weighted by Crippen LogP contribution is 2.13. The fourth-order valence-electron chi connectivity index (χ4n) is 5.19. The number of unbranched alkanes of at least 4 members (excludes halogenated alkanes) is 14. The number of allylic oxidation sites excluding steroid dienone is 6. The van der Waals surface area contributed by atoms with Crippen molar-refractivity contribution < 1.29 is 38.2 Å². The van der Waals surface area contributed by atoms with Crippen LogP contribution in [0.3, 0.4) is 0 Å². The zero-order valence-corrected chi connectivity index (χ0v) is 30.7. The summed E-state index contributed by atoms with van der Waals surface area (Å²) in [6.45, 7) is 4.47. The van der Waals surface area contributed by atoms with Gasteiger partial charge in [0.25, 0.3) is 0 Å². The van der Waals surface area contributed by atoms with Crippen LogP contribution < -0.4 is 5.11 Å². The molecule has 0 fully saturated rings. The Bertz CT molecular complexity index is 875. The van der Waals surface area contributed by atoms with E-state index in [0.29, 0.717) is 12.8 Å². The second-order valence-electron chi connectivity index (χ2n) is 13.5. The molecule has 0 saturated heterocycles. The van der Waals surface area contributed by atoms with Crippen LogP contribution in [0.1, 0.15) is 142 Å². The molecule has 0 spiro atoms. The van der Waals surface area contributed by atoms with Gasteiger partial charge in [-0.1, -0.05) is 127 Å². The van der Waals surface area contributed by atoms with Gasteiger partial charge in [0.2, 0.25) is 0 Å². The van der Waals surface area contributed by atoms with Crippen LogP contribution >= 0.6 is 0 Å². The summed E-state index contributed by atoms with van der Waals surface area (Å²) < 4.78 is 17.0. The number of ether oxygens (including phenoxy) is 3. The number of aliphatic carboxylic acids is 1. The maximum absolute atomic E-state index is 12.6.